The Bertz CT molecular complexity index is 1120. The molecule has 4 heterocycles. The van der Waals surface area contributed by atoms with Crippen LogP contribution in [0.1, 0.15) is 33.6 Å². The summed E-state index contributed by atoms with van der Waals surface area (Å²) in [5, 5.41) is 16.6. The number of H-pyrrole nitrogens is 1. The Hall–Kier alpha value is -2.59. The molecule has 1 saturated heterocycles. The van der Waals surface area contributed by atoms with Gasteiger partial charge >= 0.3 is 0 Å². The molecule has 3 aromatic heterocycles. The second kappa shape index (κ2) is 8.51. The summed E-state index contributed by atoms with van der Waals surface area (Å²) in [6.45, 7) is 11.2. The zero-order valence-corrected chi connectivity index (χ0v) is 19.3. The van der Waals surface area contributed by atoms with Gasteiger partial charge in [-0.3, -0.25) is 14.6 Å². The molecule has 1 fully saturated rings. The van der Waals surface area contributed by atoms with Crippen molar-refractivity contribution in [2.75, 3.05) is 18.4 Å². The average molecular weight is 461 g/mol. The van der Waals surface area contributed by atoms with Gasteiger partial charge in [-0.2, -0.15) is 15.2 Å². The lowest BCUT2D eigenvalue weighted by atomic mass is 10.1. The zero-order chi connectivity index (χ0) is 22.2. The van der Waals surface area contributed by atoms with Gasteiger partial charge in [0.05, 0.1) is 22.8 Å². The maximum atomic E-state index is 12.0. The monoisotopic (exact) mass is 460 g/mol. The van der Waals surface area contributed by atoms with E-state index in [2.05, 4.69) is 52.9 Å². The van der Waals surface area contributed by atoms with E-state index in [0.717, 1.165) is 30.1 Å². The molecule has 3 aromatic rings. The zero-order valence-electron chi connectivity index (χ0n) is 17.7. The van der Waals surface area contributed by atoms with Gasteiger partial charge in [-0.15, -0.1) is 11.8 Å². The van der Waals surface area contributed by atoms with E-state index in [1.807, 2.05) is 15.8 Å². The van der Waals surface area contributed by atoms with Crippen molar-refractivity contribution in [3.8, 4) is 0 Å². The number of amides is 1. The summed E-state index contributed by atoms with van der Waals surface area (Å²) in [4.78, 5) is 23.1. The molecular formula is C20H25ClN8OS. The van der Waals surface area contributed by atoms with Gasteiger partial charge in [0.1, 0.15) is 10.2 Å². The normalized spacial score (nSPS) is 17.2. The number of aromatic amines is 1. The quantitative estimate of drug-likeness (QED) is 0.438. The molecule has 1 amide bonds. The van der Waals surface area contributed by atoms with Crippen molar-refractivity contribution in [1.82, 2.24) is 34.8 Å². The number of piperidine rings is 1. The lowest BCUT2D eigenvalue weighted by molar-refractivity contribution is -0.126. The molecular weight excluding hydrogens is 436 g/mol. The van der Waals surface area contributed by atoms with Crippen LogP contribution in [0.4, 0.5) is 11.6 Å². The second-order valence-electron chi connectivity index (χ2n) is 8.43. The number of likely N-dealkylation sites (tertiary alicyclic amines) is 1. The number of halogens is 1. The fraction of sp³-hybridized carbons (Fsp3) is 0.450. The molecule has 0 spiro atoms. The van der Waals surface area contributed by atoms with Crippen LogP contribution in [0.25, 0.3) is 11.0 Å². The molecule has 164 valence electrons. The largest absolute Gasteiger partial charge is 0.338 e. The minimum atomic E-state index is -0.128. The van der Waals surface area contributed by atoms with Crippen LogP contribution in [0.3, 0.4) is 0 Å². The summed E-state index contributed by atoms with van der Waals surface area (Å²) in [6.07, 6.45) is 6.93. The van der Waals surface area contributed by atoms with Crippen molar-refractivity contribution in [2.24, 2.45) is 0 Å². The number of carbonyl (C=O) groups excluding carboxylic acids is 1. The summed E-state index contributed by atoms with van der Waals surface area (Å²) in [6, 6.07) is 0. The Kier molecular flexibility index (Phi) is 5.94. The van der Waals surface area contributed by atoms with E-state index in [-0.39, 0.29) is 16.7 Å². The molecule has 0 aliphatic carbocycles. The van der Waals surface area contributed by atoms with Crippen LogP contribution in [0, 0.1) is 0 Å². The SMILES string of the molecule is C=CC(=O)N1CCC[C@@H](Sc2nc(Nc3cnn(C(C)(C)C)c3)nc3n[nH]c(Cl)c23)C1. The van der Waals surface area contributed by atoms with Gasteiger partial charge in [0.2, 0.25) is 11.9 Å². The van der Waals surface area contributed by atoms with Crippen LogP contribution >= 0.6 is 23.4 Å². The molecule has 4 rings (SSSR count). The maximum Gasteiger partial charge on any atom is 0.245 e. The smallest absolute Gasteiger partial charge is 0.245 e. The topological polar surface area (TPSA) is 105 Å². The Labute approximate surface area is 189 Å². The molecule has 1 aliphatic rings. The molecule has 0 unspecified atom stereocenters. The van der Waals surface area contributed by atoms with E-state index in [0.29, 0.717) is 28.7 Å². The molecule has 0 aromatic carbocycles. The molecule has 0 bridgehead atoms. The highest BCUT2D eigenvalue weighted by atomic mass is 35.5. The first-order chi connectivity index (χ1) is 14.7. The number of nitrogens with one attached hydrogen (secondary N) is 2. The van der Waals surface area contributed by atoms with Gasteiger partial charge in [0.25, 0.3) is 0 Å². The van der Waals surface area contributed by atoms with Gasteiger partial charge in [0, 0.05) is 24.5 Å². The van der Waals surface area contributed by atoms with E-state index >= 15 is 0 Å². The van der Waals surface area contributed by atoms with Crippen molar-refractivity contribution in [2.45, 2.75) is 49.4 Å². The summed E-state index contributed by atoms with van der Waals surface area (Å²) in [5.41, 5.74) is 1.15. The van der Waals surface area contributed by atoms with E-state index in [1.165, 1.54) is 6.08 Å². The molecule has 0 saturated carbocycles. The van der Waals surface area contributed by atoms with Crippen LogP contribution in [0.15, 0.2) is 30.1 Å². The third-order valence-corrected chi connectivity index (χ3v) is 6.52. The summed E-state index contributed by atoms with van der Waals surface area (Å²) in [5.74, 6) is 0.374. The number of hydrogen-bond donors (Lipinski definition) is 2. The third kappa shape index (κ3) is 4.69. The number of aromatic nitrogens is 6. The number of rotatable bonds is 5. The van der Waals surface area contributed by atoms with Crippen molar-refractivity contribution in [1.29, 1.82) is 0 Å². The van der Waals surface area contributed by atoms with Crippen LogP contribution in [0.2, 0.25) is 5.15 Å². The van der Waals surface area contributed by atoms with Gasteiger partial charge in [-0.05, 0) is 39.7 Å². The van der Waals surface area contributed by atoms with Gasteiger partial charge in [-0.1, -0.05) is 18.2 Å². The molecule has 11 heteroatoms. The first-order valence-electron chi connectivity index (χ1n) is 10.1. The average Bonchev–Trinajstić information content (AvgIpc) is 3.34. The fourth-order valence-corrected chi connectivity index (χ4v) is 4.98. The second-order valence-corrected chi connectivity index (χ2v) is 10.1. The Morgan fingerprint density at radius 2 is 2.23 bits per heavy atom. The van der Waals surface area contributed by atoms with Crippen LogP contribution in [-0.2, 0) is 10.3 Å². The molecule has 2 N–H and O–H groups in total. The van der Waals surface area contributed by atoms with Crippen molar-refractivity contribution in [3.05, 3.63) is 30.2 Å². The predicted octanol–water partition coefficient (Wildman–Crippen LogP) is 3.97. The summed E-state index contributed by atoms with van der Waals surface area (Å²) < 4.78 is 1.88. The highest BCUT2D eigenvalue weighted by Gasteiger charge is 2.26. The molecule has 1 aliphatic heterocycles. The van der Waals surface area contributed by atoms with E-state index in [4.69, 9.17) is 16.6 Å². The van der Waals surface area contributed by atoms with Crippen LogP contribution < -0.4 is 5.32 Å². The van der Waals surface area contributed by atoms with Crippen molar-refractivity contribution >= 4 is 51.9 Å². The Morgan fingerprint density at radius 3 is 2.94 bits per heavy atom. The summed E-state index contributed by atoms with van der Waals surface area (Å²) >= 11 is 7.93. The lowest BCUT2D eigenvalue weighted by Crippen LogP contribution is -2.40. The number of anilines is 2. The van der Waals surface area contributed by atoms with Gasteiger partial charge < -0.3 is 10.2 Å². The van der Waals surface area contributed by atoms with Crippen molar-refractivity contribution in [3.63, 3.8) is 0 Å². The minimum Gasteiger partial charge on any atom is -0.338 e. The van der Waals surface area contributed by atoms with Crippen LogP contribution in [0.5, 0.6) is 0 Å². The Balaban J connectivity index is 1.60. The number of hydrogen-bond acceptors (Lipinski definition) is 7. The third-order valence-electron chi connectivity index (χ3n) is 5.00. The molecule has 9 nitrogen and oxygen atoms in total. The minimum absolute atomic E-state index is 0.0438. The number of nitrogens with zero attached hydrogens (tertiary/aromatic N) is 6. The van der Waals surface area contributed by atoms with Gasteiger partial charge in [-0.25, -0.2) is 4.98 Å². The number of thioether (sulfide) groups is 1. The highest BCUT2D eigenvalue weighted by Crippen LogP contribution is 2.36. The molecule has 31 heavy (non-hydrogen) atoms. The first-order valence-corrected chi connectivity index (χ1v) is 11.3. The maximum absolute atomic E-state index is 12.0. The predicted molar refractivity (Wildman–Crippen MR) is 123 cm³/mol. The lowest BCUT2D eigenvalue weighted by Gasteiger charge is -2.31. The Morgan fingerprint density at radius 1 is 1.42 bits per heavy atom. The van der Waals surface area contributed by atoms with Gasteiger partial charge in [0.15, 0.2) is 5.65 Å². The standard InChI is InChI=1S/C20H25ClN8OS/c1-5-14(30)28-8-6-7-13(11-28)31-18-15-16(21)26-27-17(15)24-19(25-18)23-12-9-22-29(10-12)20(2,3)4/h5,9-10,13H,1,6-8,11H2,2-4H3,(H2,23,24,25,26,27)/t13-/m1/s1. The first kappa shape index (κ1) is 21.6. The van der Waals surface area contributed by atoms with E-state index in [1.54, 1.807) is 18.0 Å². The van der Waals surface area contributed by atoms with E-state index < -0.39 is 0 Å². The number of carbonyl (C=O) groups is 1. The molecule has 0 radical (unpaired) electrons. The molecule has 1 atom stereocenters. The van der Waals surface area contributed by atoms with Crippen LogP contribution in [-0.4, -0.2) is 59.1 Å². The fourth-order valence-electron chi connectivity index (χ4n) is 3.41. The highest BCUT2D eigenvalue weighted by molar-refractivity contribution is 8.00. The van der Waals surface area contributed by atoms with E-state index in [9.17, 15) is 4.79 Å². The summed E-state index contributed by atoms with van der Waals surface area (Å²) in [7, 11) is 0. The van der Waals surface area contributed by atoms with Crippen molar-refractivity contribution < 1.29 is 4.79 Å². The number of fused-ring (bicyclic) bond motifs is 1.